The third-order valence-corrected chi connectivity index (χ3v) is 3.51. The molecule has 0 atom stereocenters. The summed E-state index contributed by atoms with van der Waals surface area (Å²) in [6, 6.07) is 19.0. The fourth-order valence-corrected chi connectivity index (χ4v) is 2.35. The van der Waals surface area contributed by atoms with E-state index in [9.17, 15) is 0 Å². The molecular weight excluding hydrogens is 366 g/mol. The van der Waals surface area contributed by atoms with Crippen LogP contribution in [0.3, 0.4) is 0 Å². The Hall–Kier alpha value is -2.86. The van der Waals surface area contributed by atoms with Crippen molar-refractivity contribution in [2.24, 2.45) is 10.1 Å². The van der Waals surface area contributed by atoms with Gasteiger partial charge in [-0.1, -0.05) is 40.2 Å². The van der Waals surface area contributed by atoms with Crippen molar-refractivity contribution in [3.05, 3.63) is 88.8 Å². The van der Waals surface area contributed by atoms with Gasteiger partial charge in [-0.05, 0) is 42.0 Å². The maximum absolute atomic E-state index is 4.49. The van der Waals surface area contributed by atoms with Crippen molar-refractivity contribution in [3.63, 3.8) is 0 Å². The Balaban J connectivity index is 1.84. The summed E-state index contributed by atoms with van der Waals surface area (Å²) < 4.78 is 0.999. The topological polar surface area (TPSA) is 62.5 Å². The van der Waals surface area contributed by atoms with Crippen molar-refractivity contribution >= 4 is 33.8 Å². The molecule has 2 heterocycles. The van der Waals surface area contributed by atoms with Gasteiger partial charge in [-0.25, -0.2) is 9.98 Å². The van der Waals surface area contributed by atoms with Crippen LogP contribution in [0.15, 0.2) is 87.6 Å². The lowest BCUT2D eigenvalue weighted by atomic mass is 10.2. The molecule has 0 fully saturated rings. The van der Waals surface area contributed by atoms with Crippen molar-refractivity contribution in [2.75, 3.05) is 0 Å². The highest BCUT2D eigenvalue weighted by Gasteiger charge is 2.04. The number of hydrogen-bond acceptors (Lipinski definition) is 4. The molecule has 118 valence electrons. The van der Waals surface area contributed by atoms with E-state index in [4.69, 9.17) is 0 Å². The summed E-state index contributed by atoms with van der Waals surface area (Å²) in [5.41, 5.74) is 4.61. The Morgan fingerprint density at radius 2 is 1.79 bits per heavy atom. The molecule has 6 heteroatoms. The first-order valence-electron chi connectivity index (χ1n) is 7.27. The van der Waals surface area contributed by atoms with E-state index < -0.39 is 0 Å². The molecule has 24 heavy (non-hydrogen) atoms. The molecule has 0 amide bonds. The number of hydrogen-bond donors (Lipinski definition) is 1. The molecule has 0 saturated heterocycles. The van der Waals surface area contributed by atoms with Crippen LogP contribution in [-0.2, 0) is 0 Å². The molecule has 0 spiro atoms. The molecule has 0 bridgehead atoms. The first-order valence-corrected chi connectivity index (χ1v) is 8.06. The van der Waals surface area contributed by atoms with Crippen molar-refractivity contribution < 1.29 is 0 Å². The number of halogens is 1. The van der Waals surface area contributed by atoms with Gasteiger partial charge in [-0.15, -0.1) is 0 Å². The summed E-state index contributed by atoms with van der Waals surface area (Å²) in [5.74, 6) is 1.11. The summed E-state index contributed by atoms with van der Waals surface area (Å²) in [6.45, 7) is 0. The standard InChI is InChI=1S/C18H14BrN5/c19-15-7-5-6-14(12-15)13-22-24-18(16-8-1-3-10-20-16)23-17-9-2-4-11-21-17/h1-13H,(H,21,23,24)/b22-13+. The Morgan fingerprint density at radius 1 is 0.958 bits per heavy atom. The van der Waals surface area contributed by atoms with E-state index in [-0.39, 0.29) is 0 Å². The van der Waals surface area contributed by atoms with Gasteiger partial charge < -0.3 is 0 Å². The second-order valence-electron chi connectivity index (χ2n) is 4.79. The third-order valence-electron chi connectivity index (χ3n) is 3.02. The van der Waals surface area contributed by atoms with Crippen LogP contribution in [0.5, 0.6) is 0 Å². The fourth-order valence-electron chi connectivity index (χ4n) is 1.93. The number of nitrogens with zero attached hydrogens (tertiary/aromatic N) is 4. The molecular formula is C18H14BrN5. The van der Waals surface area contributed by atoms with Crippen LogP contribution in [0.4, 0.5) is 5.82 Å². The zero-order valence-corrected chi connectivity index (χ0v) is 14.3. The maximum atomic E-state index is 4.49. The number of rotatable bonds is 4. The van der Waals surface area contributed by atoms with E-state index in [1.54, 1.807) is 18.6 Å². The Morgan fingerprint density at radius 3 is 2.50 bits per heavy atom. The van der Waals surface area contributed by atoms with E-state index in [2.05, 4.69) is 41.4 Å². The number of benzene rings is 1. The van der Waals surface area contributed by atoms with Crippen LogP contribution >= 0.6 is 15.9 Å². The Bertz CT molecular complexity index is 848. The number of nitrogens with one attached hydrogen (secondary N) is 1. The molecule has 0 saturated carbocycles. The van der Waals surface area contributed by atoms with Crippen LogP contribution in [0.2, 0.25) is 0 Å². The second kappa shape index (κ2) is 8.12. The highest BCUT2D eigenvalue weighted by Crippen LogP contribution is 2.10. The summed E-state index contributed by atoms with van der Waals surface area (Å²) in [6.07, 6.45) is 5.13. The van der Waals surface area contributed by atoms with E-state index in [1.165, 1.54) is 0 Å². The van der Waals surface area contributed by atoms with Gasteiger partial charge in [0.05, 0.1) is 6.21 Å². The van der Waals surface area contributed by atoms with Crippen molar-refractivity contribution in [1.82, 2.24) is 15.4 Å². The quantitative estimate of drug-likeness (QED) is 0.424. The van der Waals surface area contributed by atoms with Gasteiger partial charge >= 0.3 is 0 Å². The summed E-state index contributed by atoms with van der Waals surface area (Å²) in [5, 5.41) is 4.26. The molecule has 0 aliphatic carbocycles. The number of aliphatic imine (C=N–C) groups is 1. The van der Waals surface area contributed by atoms with Gasteiger partial charge in [-0.3, -0.25) is 10.4 Å². The molecule has 1 aromatic carbocycles. The van der Waals surface area contributed by atoms with Gasteiger partial charge in [0, 0.05) is 16.9 Å². The highest BCUT2D eigenvalue weighted by atomic mass is 79.9. The molecule has 2 aromatic heterocycles. The zero-order chi connectivity index (χ0) is 16.6. The van der Waals surface area contributed by atoms with Gasteiger partial charge in [0.2, 0.25) is 0 Å². The lowest BCUT2D eigenvalue weighted by Gasteiger charge is -2.05. The lowest BCUT2D eigenvalue weighted by Crippen LogP contribution is -2.20. The average Bonchev–Trinajstić information content (AvgIpc) is 2.63. The molecule has 0 unspecified atom stereocenters. The van der Waals surface area contributed by atoms with E-state index in [0.717, 1.165) is 10.0 Å². The summed E-state index contributed by atoms with van der Waals surface area (Å²) in [4.78, 5) is 13.0. The smallest absolute Gasteiger partial charge is 0.174 e. The predicted molar refractivity (Wildman–Crippen MR) is 99.5 cm³/mol. The minimum Gasteiger partial charge on any atom is -0.259 e. The summed E-state index contributed by atoms with van der Waals surface area (Å²) >= 11 is 3.44. The van der Waals surface area contributed by atoms with Crippen LogP contribution in [0.25, 0.3) is 0 Å². The molecule has 3 rings (SSSR count). The van der Waals surface area contributed by atoms with E-state index in [1.807, 2.05) is 60.7 Å². The minimum atomic E-state index is 0.528. The van der Waals surface area contributed by atoms with Crippen molar-refractivity contribution in [1.29, 1.82) is 0 Å². The van der Waals surface area contributed by atoms with Crippen molar-refractivity contribution in [3.8, 4) is 0 Å². The number of aromatic nitrogens is 2. The van der Waals surface area contributed by atoms with Crippen LogP contribution in [0.1, 0.15) is 11.3 Å². The molecule has 3 aromatic rings. The van der Waals surface area contributed by atoms with Crippen molar-refractivity contribution in [2.45, 2.75) is 0 Å². The maximum Gasteiger partial charge on any atom is 0.174 e. The first kappa shape index (κ1) is 16.0. The third kappa shape index (κ3) is 4.57. The van der Waals surface area contributed by atoms with Crippen LogP contribution < -0.4 is 5.43 Å². The van der Waals surface area contributed by atoms with Crippen LogP contribution in [0, 0.1) is 0 Å². The number of hydrazone groups is 1. The highest BCUT2D eigenvalue weighted by molar-refractivity contribution is 9.10. The van der Waals surface area contributed by atoms with Gasteiger partial charge in [0.1, 0.15) is 5.69 Å². The molecule has 0 aliphatic rings. The Kier molecular flexibility index (Phi) is 5.42. The number of pyridine rings is 2. The monoisotopic (exact) mass is 379 g/mol. The molecule has 0 aliphatic heterocycles. The molecule has 5 nitrogen and oxygen atoms in total. The van der Waals surface area contributed by atoms with Gasteiger partial charge in [-0.2, -0.15) is 5.10 Å². The van der Waals surface area contributed by atoms with Gasteiger partial charge in [0.15, 0.2) is 11.7 Å². The zero-order valence-electron chi connectivity index (χ0n) is 12.7. The second-order valence-corrected chi connectivity index (χ2v) is 5.70. The van der Waals surface area contributed by atoms with E-state index in [0.29, 0.717) is 17.3 Å². The summed E-state index contributed by atoms with van der Waals surface area (Å²) in [7, 11) is 0. The molecule has 1 N–H and O–H groups in total. The normalized spacial score (nSPS) is 11.6. The average molecular weight is 380 g/mol. The minimum absolute atomic E-state index is 0.528. The number of amidine groups is 1. The SMILES string of the molecule is Brc1cccc(/C=N/N/C(=N/c2ccccn2)c2ccccn2)c1. The van der Waals surface area contributed by atoms with E-state index >= 15 is 0 Å². The van der Waals surface area contributed by atoms with Gasteiger partial charge in [0.25, 0.3) is 0 Å². The largest absolute Gasteiger partial charge is 0.259 e. The molecule has 0 radical (unpaired) electrons. The fraction of sp³-hybridized carbons (Fsp3) is 0. The first-order chi connectivity index (χ1) is 11.8. The predicted octanol–water partition coefficient (Wildman–Crippen LogP) is 3.94. The van der Waals surface area contributed by atoms with Crippen LogP contribution in [-0.4, -0.2) is 22.0 Å². The lowest BCUT2D eigenvalue weighted by molar-refractivity contribution is 1.01. The Labute approximate surface area is 148 Å².